The molecule has 0 fully saturated rings. The van der Waals surface area contributed by atoms with Gasteiger partial charge in [0.2, 0.25) is 0 Å². The monoisotopic (exact) mass is 373 g/mol. The summed E-state index contributed by atoms with van der Waals surface area (Å²) in [5.41, 5.74) is 5.37. The summed E-state index contributed by atoms with van der Waals surface area (Å²) in [5.74, 6) is -0.692. The van der Waals surface area contributed by atoms with Crippen LogP contribution in [0.4, 0.5) is 0 Å². The third kappa shape index (κ3) is 3.52. The first-order valence-corrected chi connectivity index (χ1v) is 8.37. The summed E-state index contributed by atoms with van der Waals surface area (Å²) in [7, 11) is 0. The smallest absolute Gasteiger partial charge is 0.268 e. The molecule has 26 heavy (non-hydrogen) atoms. The Morgan fingerprint density at radius 1 is 1.46 bits per heavy atom. The Morgan fingerprint density at radius 3 is 2.92 bits per heavy atom. The molecule has 8 nitrogen and oxygen atoms in total. The van der Waals surface area contributed by atoms with E-state index < -0.39 is 17.5 Å². The number of rotatable bonds is 6. The molecule has 0 unspecified atom stereocenters. The highest BCUT2D eigenvalue weighted by atomic mass is 32.1. The van der Waals surface area contributed by atoms with Crippen LogP contribution in [0.3, 0.4) is 0 Å². The number of aliphatic hydroxyl groups excluding tert-OH is 1. The second-order valence-electron chi connectivity index (χ2n) is 5.27. The first kappa shape index (κ1) is 17.5. The van der Waals surface area contributed by atoms with E-state index in [1.807, 2.05) is 5.38 Å². The number of thiazole rings is 1. The maximum atomic E-state index is 12.5. The van der Waals surface area contributed by atoms with Gasteiger partial charge in [-0.25, -0.2) is 4.98 Å². The van der Waals surface area contributed by atoms with Crippen molar-refractivity contribution in [3.8, 4) is 5.75 Å². The Morgan fingerprint density at radius 2 is 2.27 bits per heavy atom. The minimum Gasteiger partial charge on any atom is -0.513 e. The number of primary amides is 1. The summed E-state index contributed by atoms with van der Waals surface area (Å²) in [6.45, 7) is 1.93. The van der Waals surface area contributed by atoms with Crippen LogP contribution in [-0.4, -0.2) is 21.9 Å². The van der Waals surface area contributed by atoms with Crippen molar-refractivity contribution >= 4 is 34.1 Å². The van der Waals surface area contributed by atoms with Gasteiger partial charge in [-0.15, -0.1) is 11.3 Å². The summed E-state index contributed by atoms with van der Waals surface area (Å²) in [6, 6.07) is 5.08. The first-order valence-electron chi connectivity index (χ1n) is 7.49. The predicted octanol–water partition coefficient (Wildman–Crippen LogP) is 2.39. The van der Waals surface area contributed by atoms with Crippen LogP contribution in [0, 0.1) is 6.92 Å². The Labute approximate surface area is 151 Å². The van der Waals surface area contributed by atoms with Crippen LogP contribution in [0.25, 0.3) is 11.0 Å². The summed E-state index contributed by atoms with van der Waals surface area (Å²) in [6.07, 6.45) is 2.14. The van der Waals surface area contributed by atoms with E-state index in [-0.39, 0.29) is 5.56 Å². The van der Waals surface area contributed by atoms with E-state index >= 15 is 0 Å². The van der Waals surface area contributed by atoms with Gasteiger partial charge in [0, 0.05) is 17.0 Å². The average molecular weight is 373 g/mol. The molecule has 0 saturated carbocycles. The Bertz CT molecular complexity index is 991. The highest BCUT2D eigenvalue weighted by Gasteiger charge is 2.21. The van der Waals surface area contributed by atoms with Crippen molar-refractivity contribution in [2.45, 2.75) is 13.5 Å². The van der Waals surface area contributed by atoms with Crippen LogP contribution in [0.2, 0.25) is 0 Å². The number of nitrogens with two attached hydrogens (primary N) is 1. The molecule has 3 rings (SSSR count). The fraction of sp³-hybridized carbons (Fsp3) is 0.118. The number of fused-ring (bicyclic) bond motifs is 1. The molecule has 2 heterocycles. The van der Waals surface area contributed by atoms with Crippen LogP contribution in [0.1, 0.15) is 21.1 Å². The molecule has 1 aromatic carbocycles. The van der Waals surface area contributed by atoms with E-state index in [1.165, 1.54) is 11.3 Å². The molecule has 0 saturated heterocycles. The van der Waals surface area contributed by atoms with E-state index in [0.717, 1.165) is 5.01 Å². The van der Waals surface area contributed by atoms with Crippen molar-refractivity contribution in [1.82, 2.24) is 10.3 Å². The number of furan rings is 1. The Balaban J connectivity index is 1.89. The van der Waals surface area contributed by atoms with Crippen LogP contribution in [0.5, 0.6) is 5.75 Å². The van der Waals surface area contributed by atoms with E-state index in [0.29, 0.717) is 35.3 Å². The minimum atomic E-state index is -0.959. The zero-order valence-corrected chi connectivity index (χ0v) is 14.5. The molecule has 0 atom stereocenters. The van der Waals surface area contributed by atoms with Crippen molar-refractivity contribution < 1.29 is 23.8 Å². The predicted molar refractivity (Wildman–Crippen MR) is 94.8 cm³/mol. The number of benzene rings is 1. The second-order valence-corrected chi connectivity index (χ2v) is 6.25. The number of hydrogen-bond donors (Lipinski definition) is 3. The highest BCUT2D eigenvalue weighted by Crippen LogP contribution is 2.29. The topological polar surface area (TPSA) is 128 Å². The van der Waals surface area contributed by atoms with Gasteiger partial charge in [-0.3, -0.25) is 9.59 Å². The Hall–Kier alpha value is -3.33. The number of carbonyl (C=O) groups is 2. The lowest BCUT2D eigenvalue weighted by atomic mass is 10.1. The van der Waals surface area contributed by atoms with Crippen molar-refractivity contribution in [3.05, 3.63) is 58.1 Å². The van der Waals surface area contributed by atoms with Crippen LogP contribution in [-0.2, 0) is 11.4 Å². The average Bonchev–Trinajstić information content (AvgIpc) is 3.23. The fourth-order valence-corrected chi connectivity index (χ4v) is 2.91. The van der Waals surface area contributed by atoms with Gasteiger partial charge in [0.05, 0.1) is 5.56 Å². The lowest BCUT2D eigenvalue weighted by molar-refractivity contribution is -0.115. The molecule has 4 N–H and O–H groups in total. The number of nitrogens with one attached hydrogen (secondary N) is 1. The van der Waals surface area contributed by atoms with Crippen LogP contribution in [0.15, 0.2) is 46.2 Å². The van der Waals surface area contributed by atoms with E-state index in [1.54, 1.807) is 31.3 Å². The molecule has 0 aliphatic carbocycles. The highest BCUT2D eigenvalue weighted by molar-refractivity contribution is 7.09. The largest absolute Gasteiger partial charge is 0.513 e. The molecule has 0 spiro atoms. The van der Waals surface area contributed by atoms with Gasteiger partial charge in [0.1, 0.15) is 40.7 Å². The second kappa shape index (κ2) is 7.28. The normalized spacial score (nSPS) is 11.5. The molecule has 2 aromatic heterocycles. The molecular formula is C17H15N3O5S. The third-order valence-corrected chi connectivity index (χ3v) is 4.30. The number of aromatic nitrogens is 1. The third-order valence-electron chi connectivity index (χ3n) is 3.55. The number of amides is 2. The molecule has 3 aromatic rings. The van der Waals surface area contributed by atoms with Gasteiger partial charge < -0.3 is 25.3 Å². The number of nitrogens with zero attached hydrogens (tertiary/aromatic N) is 1. The molecule has 9 heteroatoms. The lowest BCUT2D eigenvalue weighted by Crippen LogP contribution is -2.31. The van der Waals surface area contributed by atoms with Gasteiger partial charge in [-0.2, -0.15) is 0 Å². The van der Waals surface area contributed by atoms with Crippen LogP contribution < -0.4 is 15.8 Å². The van der Waals surface area contributed by atoms with Crippen molar-refractivity contribution in [1.29, 1.82) is 0 Å². The van der Waals surface area contributed by atoms with Gasteiger partial charge in [-0.1, -0.05) is 0 Å². The SMILES string of the molecule is Cc1oc2ccc(OCc3nccs3)cc2c1C(=O)N/C(=C/O)C(N)=O. The summed E-state index contributed by atoms with van der Waals surface area (Å²) in [5, 5.41) is 14.5. The zero-order chi connectivity index (χ0) is 18.7. The summed E-state index contributed by atoms with van der Waals surface area (Å²) < 4.78 is 11.3. The van der Waals surface area contributed by atoms with E-state index in [2.05, 4.69) is 10.3 Å². The molecule has 0 aliphatic rings. The lowest BCUT2D eigenvalue weighted by Gasteiger charge is -2.06. The molecule has 134 valence electrons. The number of hydrogen-bond acceptors (Lipinski definition) is 7. The zero-order valence-electron chi connectivity index (χ0n) is 13.7. The maximum Gasteiger partial charge on any atom is 0.268 e. The van der Waals surface area contributed by atoms with Gasteiger partial charge in [0.15, 0.2) is 0 Å². The number of aryl methyl sites for hydroxylation is 1. The van der Waals surface area contributed by atoms with Gasteiger partial charge >= 0.3 is 0 Å². The summed E-state index contributed by atoms with van der Waals surface area (Å²) >= 11 is 1.48. The first-order chi connectivity index (χ1) is 12.5. The van der Waals surface area contributed by atoms with Crippen LogP contribution >= 0.6 is 11.3 Å². The standard InChI is InChI=1S/C17H15N3O5S/c1-9-15(17(23)20-12(7-21)16(18)22)11-6-10(2-3-13(11)25-9)24-8-14-19-4-5-26-14/h2-7,21H,8H2,1H3,(H2,18,22)(H,20,23)/b12-7+. The molecular weight excluding hydrogens is 358 g/mol. The van der Waals surface area contributed by atoms with Gasteiger partial charge in [-0.05, 0) is 25.1 Å². The number of aliphatic hydroxyl groups is 1. The molecule has 0 bridgehead atoms. The maximum absolute atomic E-state index is 12.5. The fourth-order valence-electron chi connectivity index (χ4n) is 2.38. The molecule has 0 radical (unpaired) electrons. The number of ether oxygens (including phenoxy) is 1. The van der Waals surface area contributed by atoms with Crippen molar-refractivity contribution in [2.24, 2.45) is 5.73 Å². The van der Waals surface area contributed by atoms with Gasteiger partial charge in [0.25, 0.3) is 11.8 Å². The van der Waals surface area contributed by atoms with Crippen molar-refractivity contribution in [2.75, 3.05) is 0 Å². The minimum absolute atomic E-state index is 0.222. The molecule has 0 aliphatic heterocycles. The quantitative estimate of drug-likeness (QED) is 0.450. The van der Waals surface area contributed by atoms with Crippen molar-refractivity contribution in [3.63, 3.8) is 0 Å². The number of carbonyl (C=O) groups excluding carboxylic acids is 2. The summed E-state index contributed by atoms with van der Waals surface area (Å²) in [4.78, 5) is 27.8. The Kier molecular flexibility index (Phi) is 4.90. The molecule has 2 amide bonds. The van der Waals surface area contributed by atoms with E-state index in [9.17, 15) is 9.59 Å². The van der Waals surface area contributed by atoms with E-state index in [4.69, 9.17) is 20.0 Å².